The summed E-state index contributed by atoms with van der Waals surface area (Å²) in [5.74, 6) is 2.92. The van der Waals surface area contributed by atoms with Crippen molar-refractivity contribution in [2.24, 2.45) is 0 Å². The summed E-state index contributed by atoms with van der Waals surface area (Å²) in [6.45, 7) is 20.3. The fourth-order valence-electron chi connectivity index (χ4n) is 9.21. The third-order valence-corrected chi connectivity index (χ3v) is 12.9. The minimum Gasteiger partial charge on any atom is -0.458 e. The minimum atomic E-state index is -0.0597. The number of nitrogens with zero attached hydrogens (tertiary/aromatic N) is 5. The van der Waals surface area contributed by atoms with E-state index < -0.39 is 0 Å². The van der Waals surface area contributed by atoms with Gasteiger partial charge in [0.05, 0.1) is 27.8 Å². The SMILES string of the molecule is CC(C)(C)c1cc(-[n+]2[c-]n(-c3cc(Oc4ccc5c6cc(-c7cccc8c7oc7ccccc78)ccc6n(-c6cc(C(C)(C)C)ccn6)c5c4)ccn3)c3ccccc32)cc(C(C)(C)C)c1. The van der Waals surface area contributed by atoms with Crippen molar-refractivity contribution in [3.63, 3.8) is 0 Å². The van der Waals surface area contributed by atoms with Crippen molar-refractivity contribution in [1.29, 1.82) is 0 Å². The number of ether oxygens (including phenoxy) is 1. The van der Waals surface area contributed by atoms with Gasteiger partial charge in [0.1, 0.15) is 28.5 Å². The van der Waals surface area contributed by atoms with Crippen molar-refractivity contribution < 1.29 is 13.7 Å². The highest BCUT2D eigenvalue weighted by Gasteiger charge is 2.24. The van der Waals surface area contributed by atoms with Crippen LogP contribution in [0.15, 0.2) is 162 Å². The van der Waals surface area contributed by atoms with Crippen molar-refractivity contribution in [3.05, 3.63) is 181 Å². The first-order valence-electron chi connectivity index (χ1n) is 22.8. The topological polar surface area (TPSA) is 61.9 Å². The lowest BCUT2D eigenvalue weighted by molar-refractivity contribution is -0.572. The third kappa shape index (κ3) is 7.10. The number of imidazole rings is 1. The van der Waals surface area contributed by atoms with Gasteiger partial charge < -0.3 is 9.15 Å². The molecule has 0 spiro atoms. The van der Waals surface area contributed by atoms with Gasteiger partial charge in [0.2, 0.25) is 0 Å². The molecule has 7 nitrogen and oxygen atoms in total. The standard InChI is InChI=1S/C59H53N5O2/c1-57(2,3)38-25-27-61-55(33-38)64-49-24-21-37(44-16-14-17-47-46-15-10-13-20-53(46)66-56(44)47)29-48(49)45-23-22-42(34-52(45)64)65-43-26-28-60-54(35-43)63-36-62(50-18-11-12-19-51(50)63)41-31-39(58(4,5)6)30-40(32-41)59(7,8)9/h10-35H,1-9H3. The smallest absolute Gasteiger partial charge is 0.271 e. The Morgan fingerprint density at radius 3 is 2.00 bits per heavy atom. The van der Waals surface area contributed by atoms with Crippen LogP contribution in [-0.4, -0.2) is 19.1 Å². The maximum atomic E-state index is 6.77. The lowest BCUT2D eigenvalue weighted by Crippen LogP contribution is -2.31. The Labute approximate surface area is 385 Å². The molecule has 0 aliphatic heterocycles. The maximum absolute atomic E-state index is 6.77. The lowest BCUT2D eigenvalue weighted by atomic mass is 9.80. The Kier molecular flexibility index (Phi) is 9.38. The van der Waals surface area contributed by atoms with Crippen molar-refractivity contribution in [2.45, 2.75) is 78.6 Å². The van der Waals surface area contributed by atoms with Crippen molar-refractivity contribution in [1.82, 2.24) is 19.1 Å². The molecule has 11 rings (SSSR count). The van der Waals surface area contributed by atoms with E-state index in [1.807, 2.05) is 35.0 Å². The molecule has 5 aromatic heterocycles. The fraction of sp³-hybridized carbons (Fsp3) is 0.203. The predicted octanol–water partition coefficient (Wildman–Crippen LogP) is 14.8. The zero-order valence-electron chi connectivity index (χ0n) is 39.1. The molecular formula is C59H53N5O2. The number of pyridine rings is 2. The summed E-state index contributed by atoms with van der Waals surface area (Å²) in [7, 11) is 0. The molecule has 0 N–H and O–H groups in total. The molecule has 0 amide bonds. The number of rotatable bonds is 6. The van der Waals surface area contributed by atoms with E-state index >= 15 is 0 Å². The first kappa shape index (κ1) is 41.2. The second kappa shape index (κ2) is 15.0. The molecule has 0 unspecified atom stereocenters. The van der Waals surface area contributed by atoms with Crippen LogP contribution in [0.5, 0.6) is 11.5 Å². The Balaban J connectivity index is 1.02. The van der Waals surface area contributed by atoms with E-state index in [9.17, 15) is 0 Å². The molecule has 0 atom stereocenters. The number of benzene rings is 6. The summed E-state index contributed by atoms with van der Waals surface area (Å²) in [5.41, 5.74) is 12.7. The zero-order valence-corrected chi connectivity index (χ0v) is 39.1. The number of furan rings is 1. The molecule has 0 aliphatic rings. The molecule has 11 aromatic rings. The molecule has 0 saturated heterocycles. The van der Waals surface area contributed by atoms with Gasteiger partial charge in [-0.3, -0.25) is 18.7 Å². The summed E-state index contributed by atoms with van der Waals surface area (Å²) < 4.78 is 19.7. The van der Waals surface area contributed by atoms with Crippen LogP contribution in [0.2, 0.25) is 0 Å². The van der Waals surface area contributed by atoms with E-state index in [2.05, 4.69) is 199 Å². The average Bonchev–Trinajstić information content (AvgIpc) is 3.98. The Hall–Kier alpha value is -7.51. The number of hydrogen-bond donors (Lipinski definition) is 0. The Bertz CT molecular complexity index is 3660. The Morgan fingerprint density at radius 1 is 0.515 bits per heavy atom. The molecule has 326 valence electrons. The van der Waals surface area contributed by atoms with E-state index in [1.165, 1.54) is 16.7 Å². The maximum Gasteiger partial charge on any atom is 0.271 e. The van der Waals surface area contributed by atoms with Crippen LogP contribution in [0.1, 0.15) is 79.0 Å². The van der Waals surface area contributed by atoms with Gasteiger partial charge in [-0.2, -0.15) is 0 Å². The highest BCUT2D eigenvalue weighted by atomic mass is 16.5. The van der Waals surface area contributed by atoms with Gasteiger partial charge in [-0.1, -0.05) is 135 Å². The molecule has 0 saturated carbocycles. The van der Waals surface area contributed by atoms with Crippen LogP contribution in [-0.2, 0) is 16.2 Å². The summed E-state index contributed by atoms with van der Waals surface area (Å²) in [4.78, 5) is 9.84. The van der Waals surface area contributed by atoms with Gasteiger partial charge in [-0.05, 0) is 99.2 Å². The number of hydrogen-bond acceptors (Lipinski definition) is 4. The predicted molar refractivity (Wildman–Crippen MR) is 269 cm³/mol. The van der Waals surface area contributed by atoms with Gasteiger partial charge >= 0.3 is 0 Å². The average molecular weight is 864 g/mol. The van der Waals surface area contributed by atoms with Crippen LogP contribution in [0.3, 0.4) is 0 Å². The van der Waals surface area contributed by atoms with Crippen LogP contribution >= 0.6 is 0 Å². The molecule has 66 heavy (non-hydrogen) atoms. The van der Waals surface area contributed by atoms with Crippen molar-refractivity contribution >= 4 is 54.8 Å². The van der Waals surface area contributed by atoms with E-state index in [1.54, 1.807) is 6.20 Å². The molecule has 6 aromatic carbocycles. The first-order valence-corrected chi connectivity index (χ1v) is 22.8. The molecular weight excluding hydrogens is 811 g/mol. The molecule has 5 heterocycles. The van der Waals surface area contributed by atoms with E-state index in [0.717, 1.165) is 77.4 Å². The summed E-state index contributed by atoms with van der Waals surface area (Å²) >= 11 is 0. The number of para-hydroxylation sites is 4. The van der Waals surface area contributed by atoms with Gasteiger partial charge in [0, 0.05) is 51.6 Å². The van der Waals surface area contributed by atoms with Crippen molar-refractivity contribution in [2.75, 3.05) is 0 Å². The molecule has 7 heteroatoms. The van der Waals surface area contributed by atoms with Gasteiger partial charge in [-0.15, -0.1) is 0 Å². The van der Waals surface area contributed by atoms with Gasteiger partial charge in [0.15, 0.2) is 5.82 Å². The fourth-order valence-corrected chi connectivity index (χ4v) is 9.21. The second-order valence-electron chi connectivity index (χ2n) is 20.7. The molecule has 0 aliphatic carbocycles. The third-order valence-electron chi connectivity index (χ3n) is 12.9. The Morgan fingerprint density at radius 2 is 1.21 bits per heavy atom. The van der Waals surface area contributed by atoms with Crippen LogP contribution < -0.4 is 9.30 Å². The summed E-state index contributed by atoms with van der Waals surface area (Å²) in [5, 5.41) is 4.43. The first-order chi connectivity index (χ1) is 31.6. The van der Waals surface area contributed by atoms with E-state index in [4.69, 9.17) is 19.1 Å². The molecule has 0 fully saturated rings. The number of aromatic nitrogens is 5. The summed E-state index contributed by atoms with van der Waals surface area (Å²) in [6.07, 6.45) is 7.40. The van der Waals surface area contributed by atoms with Crippen LogP contribution in [0, 0.1) is 6.33 Å². The van der Waals surface area contributed by atoms with Crippen LogP contribution in [0.25, 0.3) is 83.2 Å². The van der Waals surface area contributed by atoms with Gasteiger partial charge in [-0.25, -0.2) is 4.98 Å². The molecule has 0 bridgehead atoms. The van der Waals surface area contributed by atoms with Gasteiger partial charge in [0.25, 0.3) is 6.33 Å². The van der Waals surface area contributed by atoms with Crippen molar-refractivity contribution in [3.8, 4) is 39.9 Å². The normalized spacial score (nSPS) is 12.6. The number of fused-ring (bicyclic) bond motifs is 7. The minimum absolute atomic E-state index is 0.0269. The molecule has 0 radical (unpaired) electrons. The van der Waals surface area contributed by atoms with Crippen LogP contribution in [0.4, 0.5) is 0 Å². The van der Waals surface area contributed by atoms with E-state index in [0.29, 0.717) is 17.3 Å². The quantitative estimate of drug-likeness (QED) is 0.123. The highest BCUT2D eigenvalue weighted by molar-refractivity contribution is 6.13. The monoisotopic (exact) mass is 863 g/mol. The largest absolute Gasteiger partial charge is 0.458 e. The highest BCUT2D eigenvalue weighted by Crippen LogP contribution is 2.41. The van der Waals surface area contributed by atoms with E-state index in [-0.39, 0.29) is 16.2 Å². The summed E-state index contributed by atoms with van der Waals surface area (Å²) in [6, 6.07) is 51.2. The zero-order chi connectivity index (χ0) is 45.7. The second-order valence-corrected chi connectivity index (χ2v) is 20.7. The lowest BCUT2D eigenvalue weighted by Gasteiger charge is -2.26.